The van der Waals surface area contributed by atoms with Gasteiger partial charge in [0.1, 0.15) is 5.75 Å². The van der Waals surface area contributed by atoms with E-state index < -0.39 is 0 Å². The average molecular weight is 320 g/mol. The molecule has 0 aliphatic carbocycles. The van der Waals surface area contributed by atoms with Crippen LogP contribution in [0.5, 0.6) is 5.75 Å². The molecule has 0 fully saturated rings. The molecular weight excluding hydrogens is 304 g/mol. The van der Waals surface area contributed by atoms with Crippen molar-refractivity contribution in [1.82, 2.24) is 25.6 Å². The van der Waals surface area contributed by atoms with E-state index in [0.29, 0.717) is 29.8 Å². The van der Waals surface area contributed by atoms with Crippen molar-refractivity contribution in [3.8, 4) is 28.4 Å². The van der Waals surface area contributed by atoms with Gasteiger partial charge in [0.15, 0.2) is 0 Å². The van der Waals surface area contributed by atoms with Crippen LogP contribution in [0.1, 0.15) is 13.8 Å². The topological polar surface area (TPSA) is 80.9 Å². The van der Waals surface area contributed by atoms with E-state index in [-0.39, 0.29) is 0 Å². The minimum atomic E-state index is 0.400. The first-order chi connectivity index (χ1) is 11.7. The van der Waals surface area contributed by atoms with Crippen molar-refractivity contribution < 1.29 is 4.74 Å². The smallest absolute Gasteiger partial charge is 0.228 e. The number of H-pyrrole nitrogens is 1. The zero-order valence-corrected chi connectivity index (χ0v) is 13.4. The van der Waals surface area contributed by atoms with E-state index in [4.69, 9.17) is 11.3 Å². The van der Waals surface area contributed by atoms with Crippen LogP contribution < -0.4 is 4.74 Å². The van der Waals surface area contributed by atoms with Crippen molar-refractivity contribution in [2.75, 3.05) is 6.61 Å². The molecule has 7 nitrogen and oxygen atoms in total. The molecule has 0 saturated carbocycles. The summed E-state index contributed by atoms with van der Waals surface area (Å²) in [6.07, 6.45) is 1.68. The summed E-state index contributed by atoms with van der Waals surface area (Å²) in [6.45, 7) is 12.1. The van der Waals surface area contributed by atoms with Gasteiger partial charge in [-0.3, -0.25) is 4.98 Å². The maximum absolute atomic E-state index is 7.38. The molecule has 3 rings (SSSR count). The zero-order valence-electron chi connectivity index (χ0n) is 13.4. The lowest BCUT2D eigenvalue weighted by molar-refractivity contribution is 0.272. The van der Waals surface area contributed by atoms with Crippen molar-refractivity contribution in [1.29, 1.82) is 0 Å². The summed E-state index contributed by atoms with van der Waals surface area (Å²) in [6, 6.07) is 9.16. The third-order valence-corrected chi connectivity index (χ3v) is 3.31. The Hall–Kier alpha value is -3.27. The van der Waals surface area contributed by atoms with E-state index in [1.807, 2.05) is 24.3 Å². The van der Waals surface area contributed by atoms with E-state index in [0.717, 1.165) is 16.8 Å². The number of ether oxygens (including phenoxy) is 1. The summed E-state index contributed by atoms with van der Waals surface area (Å²) in [7, 11) is 0. The molecule has 0 unspecified atom stereocenters. The molecule has 0 aliphatic heterocycles. The van der Waals surface area contributed by atoms with E-state index in [9.17, 15) is 0 Å². The number of hydrogen-bond donors (Lipinski definition) is 1. The molecular formula is C17H16N6O. The number of nitrogens with zero attached hydrogens (tertiary/aromatic N) is 5. The van der Waals surface area contributed by atoms with E-state index in [2.05, 4.69) is 44.3 Å². The van der Waals surface area contributed by atoms with Crippen molar-refractivity contribution in [2.24, 2.45) is 5.92 Å². The molecule has 2 heterocycles. The molecule has 0 bridgehead atoms. The summed E-state index contributed by atoms with van der Waals surface area (Å²) < 4.78 is 5.70. The highest BCUT2D eigenvalue weighted by molar-refractivity contribution is 5.72. The highest BCUT2D eigenvalue weighted by atomic mass is 16.5. The Bertz CT molecular complexity index is 867. The monoisotopic (exact) mass is 320 g/mol. The Morgan fingerprint density at radius 2 is 2.08 bits per heavy atom. The maximum atomic E-state index is 7.38. The van der Waals surface area contributed by atoms with Crippen LogP contribution in [-0.2, 0) is 0 Å². The van der Waals surface area contributed by atoms with Gasteiger partial charge in [0.2, 0.25) is 11.5 Å². The highest BCUT2D eigenvalue weighted by Crippen LogP contribution is 2.33. The van der Waals surface area contributed by atoms with Gasteiger partial charge in [-0.15, -0.1) is 10.2 Å². The standard InChI is InChI=1S/C17H16N6O/c1-11(2)10-24-16-5-4-12(8-15(16)18-3)14-9-13(6-7-19-14)17-20-22-23-21-17/h4-9,11H,10H2,1-2H3,(H,20,21,22,23). The van der Waals surface area contributed by atoms with Crippen molar-refractivity contribution in [3.63, 3.8) is 0 Å². The summed E-state index contributed by atoms with van der Waals surface area (Å²) in [5, 5.41) is 13.9. The van der Waals surface area contributed by atoms with Gasteiger partial charge >= 0.3 is 0 Å². The van der Waals surface area contributed by atoms with Crippen LogP contribution in [0.25, 0.3) is 27.5 Å². The van der Waals surface area contributed by atoms with Crippen LogP contribution in [0.3, 0.4) is 0 Å². The molecule has 120 valence electrons. The molecule has 0 spiro atoms. The molecule has 24 heavy (non-hydrogen) atoms. The first-order valence-electron chi connectivity index (χ1n) is 7.52. The molecule has 2 aromatic heterocycles. The van der Waals surface area contributed by atoms with Crippen LogP contribution in [0.4, 0.5) is 5.69 Å². The Kier molecular flexibility index (Phi) is 4.47. The predicted octanol–water partition coefficient (Wildman–Crippen LogP) is 3.51. The fourth-order valence-electron chi connectivity index (χ4n) is 2.15. The molecule has 0 radical (unpaired) electrons. The van der Waals surface area contributed by atoms with Gasteiger partial charge in [0.05, 0.1) is 18.9 Å². The molecule has 1 aromatic carbocycles. The Morgan fingerprint density at radius 1 is 1.21 bits per heavy atom. The van der Waals surface area contributed by atoms with Gasteiger partial charge < -0.3 is 4.74 Å². The number of tetrazole rings is 1. The molecule has 0 atom stereocenters. The minimum absolute atomic E-state index is 0.400. The van der Waals surface area contributed by atoms with E-state index in [1.54, 1.807) is 12.3 Å². The lowest BCUT2D eigenvalue weighted by atomic mass is 10.1. The van der Waals surface area contributed by atoms with Crippen LogP contribution in [-0.4, -0.2) is 32.2 Å². The third kappa shape index (κ3) is 3.38. The Labute approximate surface area is 139 Å². The predicted molar refractivity (Wildman–Crippen MR) is 89.4 cm³/mol. The van der Waals surface area contributed by atoms with Crippen LogP contribution >= 0.6 is 0 Å². The normalized spacial score (nSPS) is 10.6. The maximum Gasteiger partial charge on any atom is 0.228 e. The largest absolute Gasteiger partial charge is 0.504 e. The van der Waals surface area contributed by atoms with Crippen molar-refractivity contribution in [3.05, 3.63) is 47.9 Å². The van der Waals surface area contributed by atoms with Crippen molar-refractivity contribution >= 4 is 5.69 Å². The van der Waals surface area contributed by atoms with E-state index in [1.165, 1.54) is 0 Å². The van der Waals surface area contributed by atoms with Crippen LogP contribution in [0.15, 0.2) is 36.5 Å². The number of aromatic amines is 1. The number of aromatic nitrogens is 5. The lowest BCUT2D eigenvalue weighted by Gasteiger charge is -2.11. The first-order valence-corrected chi connectivity index (χ1v) is 7.52. The summed E-state index contributed by atoms with van der Waals surface area (Å²) in [4.78, 5) is 7.93. The molecule has 0 aliphatic rings. The van der Waals surface area contributed by atoms with E-state index >= 15 is 0 Å². The van der Waals surface area contributed by atoms with Gasteiger partial charge in [-0.05, 0) is 41.0 Å². The van der Waals surface area contributed by atoms with Gasteiger partial charge in [-0.25, -0.2) is 4.85 Å². The number of nitrogens with one attached hydrogen (secondary N) is 1. The molecule has 0 amide bonds. The SMILES string of the molecule is [C-]#[N+]c1cc(-c2cc(-c3nn[nH]n3)ccn2)ccc1OCC(C)C. The number of rotatable bonds is 5. The van der Waals surface area contributed by atoms with Gasteiger partial charge in [-0.1, -0.05) is 19.9 Å². The Balaban J connectivity index is 1.93. The van der Waals surface area contributed by atoms with Crippen LogP contribution in [0.2, 0.25) is 0 Å². The van der Waals surface area contributed by atoms with Crippen LogP contribution in [0, 0.1) is 12.5 Å². The fraction of sp³-hybridized carbons (Fsp3) is 0.235. The fourth-order valence-corrected chi connectivity index (χ4v) is 2.15. The van der Waals surface area contributed by atoms with Gasteiger partial charge in [0, 0.05) is 11.8 Å². The number of hydrogen-bond acceptors (Lipinski definition) is 5. The Morgan fingerprint density at radius 3 is 2.79 bits per heavy atom. The van der Waals surface area contributed by atoms with Crippen molar-refractivity contribution in [2.45, 2.75) is 13.8 Å². The number of benzene rings is 1. The second-order valence-electron chi connectivity index (χ2n) is 5.66. The summed E-state index contributed by atoms with van der Waals surface area (Å²) >= 11 is 0. The van der Waals surface area contributed by atoms with Gasteiger partial charge in [0.25, 0.3) is 0 Å². The molecule has 3 aromatic rings. The second kappa shape index (κ2) is 6.87. The lowest BCUT2D eigenvalue weighted by Crippen LogP contribution is -2.04. The third-order valence-electron chi connectivity index (χ3n) is 3.31. The average Bonchev–Trinajstić information content (AvgIpc) is 3.14. The summed E-state index contributed by atoms with van der Waals surface area (Å²) in [5.41, 5.74) is 2.85. The van der Waals surface area contributed by atoms with Gasteiger partial charge in [-0.2, -0.15) is 5.21 Å². The highest BCUT2D eigenvalue weighted by Gasteiger charge is 2.10. The minimum Gasteiger partial charge on any atom is -0.504 e. The zero-order chi connectivity index (χ0) is 16.9. The second-order valence-corrected chi connectivity index (χ2v) is 5.66. The number of pyridine rings is 1. The summed E-state index contributed by atoms with van der Waals surface area (Å²) in [5.74, 6) is 1.49. The quantitative estimate of drug-likeness (QED) is 0.728. The molecule has 7 heteroatoms. The first kappa shape index (κ1) is 15.6. The molecule has 1 N–H and O–H groups in total. The molecule has 0 saturated heterocycles.